The van der Waals surface area contributed by atoms with Crippen LogP contribution in [0.15, 0.2) is 35.7 Å². The van der Waals surface area contributed by atoms with E-state index in [2.05, 4.69) is 32.6 Å². The molecule has 0 atom stereocenters. The number of carbonyl (C=O) groups excluding carboxylic acids is 1. The fraction of sp³-hybridized carbons (Fsp3) is 0.421. The van der Waals surface area contributed by atoms with Crippen LogP contribution in [0.25, 0.3) is 0 Å². The molecule has 26 heavy (non-hydrogen) atoms. The number of rotatable bonds is 7. The molecule has 1 aliphatic heterocycles. The average Bonchev–Trinajstić information content (AvgIpc) is 3.14. The highest BCUT2D eigenvalue weighted by molar-refractivity contribution is 7.09. The van der Waals surface area contributed by atoms with Gasteiger partial charge in [-0.05, 0) is 29.6 Å². The predicted octanol–water partition coefficient (Wildman–Crippen LogP) is 3.56. The third-order valence-electron chi connectivity index (χ3n) is 4.52. The normalized spacial score (nSPS) is 15.8. The topological polar surface area (TPSA) is 44.8 Å². The summed E-state index contributed by atoms with van der Waals surface area (Å²) in [5, 5.41) is 5.59. The number of halogens is 1. The van der Waals surface area contributed by atoms with E-state index in [1.54, 1.807) is 25.3 Å². The minimum atomic E-state index is -0.0217. The second-order valence-electron chi connectivity index (χ2n) is 6.34. The van der Waals surface area contributed by atoms with Gasteiger partial charge in [0.1, 0.15) is 5.75 Å². The van der Waals surface area contributed by atoms with Crippen molar-refractivity contribution in [3.05, 3.63) is 45.6 Å². The predicted molar refractivity (Wildman–Crippen MR) is 107 cm³/mol. The van der Waals surface area contributed by atoms with E-state index in [-0.39, 0.29) is 5.91 Å². The van der Waals surface area contributed by atoms with Gasteiger partial charge in [-0.15, -0.1) is 11.3 Å². The molecule has 1 aliphatic rings. The van der Waals surface area contributed by atoms with E-state index in [4.69, 9.17) is 16.3 Å². The molecule has 1 N–H and O–H groups in total. The van der Waals surface area contributed by atoms with Crippen LogP contribution in [0.5, 0.6) is 5.75 Å². The number of nitrogens with one attached hydrogen (secondary N) is 1. The van der Waals surface area contributed by atoms with E-state index in [1.165, 1.54) is 4.88 Å². The molecule has 140 valence electrons. The van der Waals surface area contributed by atoms with Crippen molar-refractivity contribution in [3.63, 3.8) is 0 Å². The zero-order valence-corrected chi connectivity index (χ0v) is 16.5. The summed E-state index contributed by atoms with van der Waals surface area (Å²) in [5.41, 5.74) is 0.616. The van der Waals surface area contributed by atoms with Crippen molar-refractivity contribution >= 4 is 34.5 Å². The maximum absolute atomic E-state index is 12.3. The van der Waals surface area contributed by atoms with Crippen molar-refractivity contribution in [1.29, 1.82) is 0 Å². The molecule has 1 aromatic heterocycles. The Kier molecular flexibility index (Phi) is 6.91. The molecule has 1 aromatic carbocycles. The van der Waals surface area contributed by atoms with E-state index >= 15 is 0 Å². The van der Waals surface area contributed by atoms with E-state index in [0.29, 0.717) is 22.9 Å². The number of amides is 1. The van der Waals surface area contributed by atoms with Gasteiger partial charge in [0.2, 0.25) is 5.91 Å². The van der Waals surface area contributed by atoms with E-state index in [9.17, 15) is 4.79 Å². The molecule has 0 aliphatic carbocycles. The second-order valence-corrected chi connectivity index (χ2v) is 7.81. The van der Waals surface area contributed by atoms with E-state index < -0.39 is 0 Å². The van der Waals surface area contributed by atoms with Crippen LogP contribution in [0, 0.1) is 0 Å². The van der Waals surface area contributed by atoms with Crippen LogP contribution in [0.4, 0.5) is 5.69 Å². The van der Waals surface area contributed by atoms with Crippen molar-refractivity contribution in [3.8, 4) is 5.75 Å². The van der Waals surface area contributed by atoms with Crippen molar-refractivity contribution < 1.29 is 9.53 Å². The molecular weight excluding hydrogens is 370 g/mol. The van der Waals surface area contributed by atoms with Crippen LogP contribution >= 0.6 is 22.9 Å². The summed E-state index contributed by atoms with van der Waals surface area (Å²) >= 11 is 7.81. The Labute approximate surface area is 163 Å². The average molecular weight is 394 g/mol. The summed E-state index contributed by atoms with van der Waals surface area (Å²) in [6.45, 7) is 5.88. The third-order valence-corrected chi connectivity index (χ3v) is 5.61. The van der Waals surface area contributed by atoms with Crippen LogP contribution in [-0.4, -0.2) is 55.5 Å². The molecule has 2 heterocycles. The first-order chi connectivity index (χ1) is 12.6. The largest absolute Gasteiger partial charge is 0.495 e. The quantitative estimate of drug-likeness (QED) is 0.781. The van der Waals surface area contributed by atoms with Gasteiger partial charge in [0.15, 0.2) is 0 Å². The monoisotopic (exact) mass is 393 g/mol. The third kappa shape index (κ3) is 5.45. The molecular formula is C19H24ClN3O2S. The van der Waals surface area contributed by atoms with Crippen molar-refractivity contribution in [2.75, 3.05) is 45.2 Å². The first-order valence-electron chi connectivity index (χ1n) is 8.74. The molecule has 1 amide bonds. The molecule has 0 unspecified atom stereocenters. The fourth-order valence-electron chi connectivity index (χ4n) is 3.04. The van der Waals surface area contributed by atoms with Crippen molar-refractivity contribution in [2.24, 2.45) is 0 Å². The molecule has 5 nitrogen and oxygen atoms in total. The van der Waals surface area contributed by atoms with Gasteiger partial charge in [-0.2, -0.15) is 0 Å². The molecule has 0 bridgehead atoms. The number of carbonyl (C=O) groups is 1. The number of thiophene rings is 1. The molecule has 1 fully saturated rings. The van der Waals surface area contributed by atoms with Gasteiger partial charge in [-0.1, -0.05) is 17.7 Å². The Morgan fingerprint density at radius 3 is 2.69 bits per heavy atom. The molecule has 0 saturated carbocycles. The van der Waals surface area contributed by atoms with Crippen molar-refractivity contribution in [2.45, 2.75) is 13.0 Å². The van der Waals surface area contributed by atoms with Gasteiger partial charge >= 0.3 is 0 Å². The lowest BCUT2D eigenvalue weighted by Crippen LogP contribution is -2.46. The number of ether oxygens (including phenoxy) is 1. The Balaban J connectivity index is 1.41. The summed E-state index contributed by atoms with van der Waals surface area (Å²) < 4.78 is 5.26. The number of hydrogen-bond donors (Lipinski definition) is 1. The minimum Gasteiger partial charge on any atom is -0.495 e. The number of hydrogen-bond acceptors (Lipinski definition) is 5. The van der Waals surface area contributed by atoms with Gasteiger partial charge < -0.3 is 15.0 Å². The first kappa shape index (κ1) is 19.2. The SMILES string of the molecule is COc1ccc(Cl)cc1NC(=O)CCN1CCN(Cc2cccs2)CC1. The Morgan fingerprint density at radius 2 is 2.00 bits per heavy atom. The zero-order chi connectivity index (χ0) is 18.4. The van der Waals surface area contributed by atoms with Gasteiger partial charge in [0, 0.05) is 55.6 Å². The maximum atomic E-state index is 12.3. The van der Waals surface area contributed by atoms with Crippen LogP contribution < -0.4 is 10.1 Å². The van der Waals surface area contributed by atoms with Crippen LogP contribution in [0.1, 0.15) is 11.3 Å². The first-order valence-corrected chi connectivity index (χ1v) is 10.0. The summed E-state index contributed by atoms with van der Waals surface area (Å²) in [7, 11) is 1.58. The van der Waals surface area contributed by atoms with Crippen molar-refractivity contribution in [1.82, 2.24) is 9.80 Å². The van der Waals surface area contributed by atoms with Gasteiger partial charge in [-0.3, -0.25) is 9.69 Å². The highest BCUT2D eigenvalue weighted by Crippen LogP contribution is 2.27. The smallest absolute Gasteiger partial charge is 0.225 e. The van der Waals surface area contributed by atoms with Gasteiger partial charge in [0.05, 0.1) is 12.8 Å². The van der Waals surface area contributed by atoms with Gasteiger partial charge in [-0.25, -0.2) is 0 Å². The van der Waals surface area contributed by atoms with E-state index in [0.717, 1.165) is 39.3 Å². The fourth-order valence-corrected chi connectivity index (χ4v) is 3.96. The van der Waals surface area contributed by atoms with E-state index in [1.807, 2.05) is 11.3 Å². The Morgan fingerprint density at radius 1 is 1.23 bits per heavy atom. The number of anilines is 1. The number of nitrogens with zero attached hydrogens (tertiary/aromatic N) is 2. The highest BCUT2D eigenvalue weighted by Gasteiger charge is 2.18. The number of piperazine rings is 1. The molecule has 7 heteroatoms. The summed E-state index contributed by atoms with van der Waals surface area (Å²) in [6, 6.07) is 9.49. The molecule has 1 saturated heterocycles. The lowest BCUT2D eigenvalue weighted by Gasteiger charge is -2.34. The highest BCUT2D eigenvalue weighted by atomic mass is 35.5. The maximum Gasteiger partial charge on any atom is 0.225 e. The van der Waals surface area contributed by atoms with Crippen LogP contribution in [0.2, 0.25) is 5.02 Å². The number of benzene rings is 1. The molecule has 2 aromatic rings. The summed E-state index contributed by atoms with van der Waals surface area (Å²) in [6.07, 6.45) is 0.459. The standard InChI is InChI=1S/C19H24ClN3O2S/c1-25-18-5-4-15(20)13-17(18)21-19(24)6-7-22-8-10-23(11-9-22)14-16-3-2-12-26-16/h2-5,12-13H,6-11,14H2,1H3,(H,21,24). The lowest BCUT2D eigenvalue weighted by molar-refractivity contribution is -0.116. The van der Waals surface area contributed by atoms with Crippen LogP contribution in [-0.2, 0) is 11.3 Å². The summed E-state index contributed by atoms with van der Waals surface area (Å²) in [4.78, 5) is 18.5. The number of methoxy groups -OCH3 is 1. The molecule has 0 radical (unpaired) electrons. The lowest BCUT2D eigenvalue weighted by atomic mass is 10.2. The second kappa shape index (κ2) is 9.37. The Bertz CT molecular complexity index is 716. The Hall–Kier alpha value is -1.60. The molecule has 0 spiro atoms. The van der Waals surface area contributed by atoms with Crippen LogP contribution in [0.3, 0.4) is 0 Å². The summed E-state index contributed by atoms with van der Waals surface area (Å²) in [5.74, 6) is 0.594. The van der Waals surface area contributed by atoms with Gasteiger partial charge in [0.25, 0.3) is 0 Å². The zero-order valence-electron chi connectivity index (χ0n) is 14.9. The minimum absolute atomic E-state index is 0.0217. The molecule has 3 rings (SSSR count).